The highest BCUT2D eigenvalue weighted by Crippen LogP contribution is 2.30. The summed E-state index contributed by atoms with van der Waals surface area (Å²) in [5.41, 5.74) is 5.11. The van der Waals surface area contributed by atoms with Gasteiger partial charge in [0, 0.05) is 17.3 Å². The maximum Gasteiger partial charge on any atom is 0.329 e. The van der Waals surface area contributed by atoms with Crippen molar-refractivity contribution in [2.24, 2.45) is 5.92 Å². The molecule has 1 unspecified atom stereocenters. The van der Waals surface area contributed by atoms with Gasteiger partial charge in [-0.3, -0.25) is 9.13 Å². The number of hydrogen-bond acceptors (Lipinski definition) is 4. The van der Waals surface area contributed by atoms with Crippen LogP contribution in [0.15, 0.2) is 53.3 Å². The number of halogens is 1. The van der Waals surface area contributed by atoms with Gasteiger partial charge in [0.25, 0.3) is 0 Å². The van der Waals surface area contributed by atoms with Crippen LogP contribution in [0.3, 0.4) is 0 Å². The van der Waals surface area contributed by atoms with Crippen LogP contribution in [0.5, 0.6) is 0 Å². The highest BCUT2D eigenvalue weighted by atomic mass is 19.1. The normalized spacial score (nSPS) is 12.4. The molecule has 0 radical (unpaired) electrons. The van der Waals surface area contributed by atoms with Gasteiger partial charge in [0.05, 0.1) is 12.2 Å². The molecule has 1 atom stereocenters. The summed E-state index contributed by atoms with van der Waals surface area (Å²) in [6.45, 7) is 8.08. The van der Waals surface area contributed by atoms with Crippen LogP contribution < -0.4 is 5.69 Å². The number of aromatic amines is 1. The summed E-state index contributed by atoms with van der Waals surface area (Å²) >= 11 is 0. The fraction of sp³-hybridized carbons (Fsp3) is 0.407. The van der Waals surface area contributed by atoms with Gasteiger partial charge >= 0.3 is 5.69 Å². The van der Waals surface area contributed by atoms with Crippen molar-refractivity contribution in [2.75, 3.05) is 0 Å². The first-order chi connectivity index (χ1) is 16.9. The Morgan fingerprint density at radius 1 is 1.00 bits per heavy atom. The number of alkyl halides is 1. The molecule has 0 amide bonds. The molecule has 4 rings (SSSR count). The number of tetrazole rings is 1. The Labute approximate surface area is 205 Å². The maximum absolute atomic E-state index is 14.2. The number of nitrogens with zero attached hydrogens (tertiary/aromatic N) is 5. The van der Waals surface area contributed by atoms with E-state index in [1.54, 1.807) is 9.13 Å². The number of aromatic nitrogens is 6. The number of nitrogens with one attached hydrogen (secondary N) is 1. The van der Waals surface area contributed by atoms with E-state index in [1.165, 1.54) is 0 Å². The quantitative estimate of drug-likeness (QED) is 0.324. The van der Waals surface area contributed by atoms with Gasteiger partial charge in [-0.05, 0) is 54.0 Å². The minimum atomic E-state index is -0.633. The van der Waals surface area contributed by atoms with Gasteiger partial charge in [0.1, 0.15) is 6.67 Å². The fourth-order valence-electron chi connectivity index (χ4n) is 4.48. The summed E-state index contributed by atoms with van der Waals surface area (Å²) < 4.78 is 17.6. The zero-order valence-electron chi connectivity index (χ0n) is 20.8. The van der Waals surface area contributed by atoms with Crippen molar-refractivity contribution in [1.29, 1.82) is 0 Å². The molecule has 2 aromatic carbocycles. The minimum Gasteiger partial charge on any atom is -0.292 e. The molecule has 0 bridgehead atoms. The van der Waals surface area contributed by atoms with E-state index in [-0.39, 0.29) is 11.7 Å². The van der Waals surface area contributed by atoms with E-state index in [1.807, 2.05) is 62.4 Å². The topological polar surface area (TPSA) is 81.4 Å². The second-order valence-corrected chi connectivity index (χ2v) is 9.43. The van der Waals surface area contributed by atoms with Crippen LogP contribution in [0.2, 0.25) is 0 Å². The van der Waals surface area contributed by atoms with Crippen molar-refractivity contribution in [3.63, 3.8) is 0 Å². The molecule has 0 spiro atoms. The van der Waals surface area contributed by atoms with Crippen LogP contribution in [0.25, 0.3) is 22.5 Å². The molecule has 0 aliphatic rings. The molecule has 7 nitrogen and oxygen atoms in total. The third kappa shape index (κ3) is 5.11. The van der Waals surface area contributed by atoms with Gasteiger partial charge in [-0.2, -0.15) is 5.21 Å². The van der Waals surface area contributed by atoms with Crippen molar-refractivity contribution in [3.8, 4) is 22.5 Å². The molecule has 0 aliphatic heterocycles. The summed E-state index contributed by atoms with van der Waals surface area (Å²) in [5, 5.41) is 14.4. The molecular formula is C27H33FN6O. The third-order valence-corrected chi connectivity index (χ3v) is 6.62. The van der Waals surface area contributed by atoms with Gasteiger partial charge in [-0.1, -0.05) is 69.3 Å². The standard InChI is InChI=1S/C27H33FN6O/c1-5-19(4)34-25(16-28)24(15-10-18(2)3)33(27(34)35)17-20-11-13-21(14-12-20)22-8-6-7-9-23(22)26-29-31-32-30-26/h6-9,11-14,18-19H,5,10,15-17H2,1-4H3,(H,29,30,31,32). The van der Waals surface area contributed by atoms with Crippen molar-refractivity contribution >= 4 is 0 Å². The van der Waals surface area contributed by atoms with Gasteiger partial charge in [0.2, 0.25) is 5.82 Å². The van der Waals surface area contributed by atoms with Gasteiger partial charge < -0.3 is 0 Å². The Morgan fingerprint density at radius 2 is 1.71 bits per heavy atom. The van der Waals surface area contributed by atoms with Crippen LogP contribution in [0, 0.1) is 5.92 Å². The summed E-state index contributed by atoms with van der Waals surface area (Å²) in [5.74, 6) is 1.01. The van der Waals surface area contributed by atoms with Gasteiger partial charge in [-0.25, -0.2) is 9.18 Å². The van der Waals surface area contributed by atoms with E-state index in [9.17, 15) is 9.18 Å². The molecule has 0 saturated heterocycles. The number of hydrogen-bond donors (Lipinski definition) is 1. The van der Waals surface area contributed by atoms with E-state index in [4.69, 9.17) is 0 Å². The van der Waals surface area contributed by atoms with Crippen molar-refractivity contribution in [3.05, 3.63) is 76.0 Å². The van der Waals surface area contributed by atoms with E-state index in [0.717, 1.165) is 40.8 Å². The van der Waals surface area contributed by atoms with Crippen molar-refractivity contribution in [1.82, 2.24) is 29.8 Å². The Balaban J connectivity index is 1.69. The van der Waals surface area contributed by atoms with E-state index < -0.39 is 6.67 Å². The second-order valence-electron chi connectivity index (χ2n) is 9.43. The SMILES string of the molecule is CCC(C)n1c(CF)c(CCC(C)C)n(Cc2ccc(-c3ccccc3-c3nn[nH]n3)cc2)c1=O. The molecular weight excluding hydrogens is 443 g/mol. The fourth-order valence-corrected chi connectivity index (χ4v) is 4.48. The Bertz CT molecular complexity index is 1300. The van der Waals surface area contributed by atoms with Crippen LogP contribution in [0.1, 0.15) is 63.5 Å². The maximum atomic E-state index is 14.2. The first-order valence-electron chi connectivity index (χ1n) is 12.2. The van der Waals surface area contributed by atoms with Gasteiger partial charge in [-0.15, -0.1) is 10.2 Å². The lowest BCUT2D eigenvalue weighted by Crippen LogP contribution is -2.28. The van der Waals surface area contributed by atoms with Crippen LogP contribution in [-0.4, -0.2) is 29.8 Å². The molecule has 35 heavy (non-hydrogen) atoms. The molecule has 0 aliphatic carbocycles. The summed E-state index contributed by atoms with van der Waals surface area (Å²) in [6.07, 6.45) is 2.36. The number of rotatable bonds is 10. The first-order valence-corrected chi connectivity index (χ1v) is 12.2. The predicted octanol–water partition coefficient (Wildman–Crippen LogP) is 5.57. The average molecular weight is 477 g/mol. The Morgan fingerprint density at radius 3 is 2.31 bits per heavy atom. The van der Waals surface area contributed by atoms with E-state index in [0.29, 0.717) is 30.4 Å². The van der Waals surface area contributed by atoms with Crippen LogP contribution >= 0.6 is 0 Å². The molecule has 0 saturated carbocycles. The largest absolute Gasteiger partial charge is 0.329 e. The lowest BCUT2D eigenvalue weighted by atomic mass is 9.98. The molecule has 2 heterocycles. The number of H-pyrrole nitrogens is 1. The zero-order chi connectivity index (χ0) is 24.9. The molecule has 4 aromatic rings. The van der Waals surface area contributed by atoms with Crippen LogP contribution in [0.4, 0.5) is 4.39 Å². The van der Waals surface area contributed by atoms with E-state index in [2.05, 4.69) is 34.5 Å². The lowest BCUT2D eigenvalue weighted by Gasteiger charge is -2.13. The Hall–Kier alpha value is -3.55. The molecule has 8 heteroatoms. The highest BCUT2D eigenvalue weighted by molar-refractivity contribution is 5.80. The molecule has 2 aromatic heterocycles. The molecule has 0 fully saturated rings. The lowest BCUT2D eigenvalue weighted by molar-refractivity contribution is 0.420. The summed E-state index contributed by atoms with van der Waals surface area (Å²) in [6, 6.07) is 16.0. The van der Waals surface area contributed by atoms with Crippen molar-refractivity contribution < 1.29 is 4.39 Å². The first kappa shape index (κ1) is 24.6. The molecule has 1 N–H and O–H groups in total. The van der Waals surface area contributed by atoms with Crippen LogP contribution in [-0.2, 0) is 19.6 Å². The third-order valence-electron chi connectivity index (χ3n) is 6.62. The van der Waals surface area contributed by atoms with Crippen molar-refractivity contribution in [2.45, 2.75) is 66.2 Å². The summed E-state index contributed by atoms with van der Waals surface area (Å²) in [4.78, 5) is 13.4. The zero-order valence-corrected chi connectivity index (χ0v) is 20.8. The summed E-state index contributed by atoms with van der Waals surface area (Å²) in [7, 11) is 0. The monoisotopic (exact) mass is 476 g/mol. The molecule has 184 valence electrons. The van der Waals surface area contributed by atoms with Gasteiger partial charge in [0.15, 0.2) is 0 Å². The number of benzene rings is 2. The minimum absolute atomic E-state index is 0.0451. The smallest absolute Gasteiger partial charge is 0.292 e. The Kier molecular flexibility index (Phi) is 7.58. The average Bonchev–Trinajstić information content (AvgIpc) is 3.50. The number of imidazole rings is 1. The second kappa shape index (κ2) is 10.8. The highest BCUT2D eigenvalue weighted by Gasteiger charge is 2.22. The predicted molar refractivity (Wildman–Crippen MR) is 136 cm³/mol. The van der Waals surface area contributed by atoms with E-state index >= 15 is 0 Å².